The van der Waals surface area contributed by atoms with Crippen LogP contribution in [-0.4, -0.2) is 34.7 Å². The average Bonchev–Trinajstić information content (AvgIpc) is 2.37. The Hall–Kier alpha value is -1.47. The highest BCUT2D eigenvalue weighted by atomic mass is 35.5. The molecule has 0 aliphatic heterocycles. The van der Waals surface area contributed by atoms with Crippen LogP contribution in [0.25, 0.3) is 0 Å². The highest BCUT2D eigenvalue weighted by Crippen LogP contribution is 2.20. The minimum absolute atomic E-state index is 0.103. The first-order valence-electron chi connectivity index (χ1n) is 6.54. The molecule has 0 heterocycles. The van der Waals surface area contributed by atoms with Gasteiger partial charge in [0.05, 0.1) is 24.4 Å². The number of amides is 1. The zero-order chi connectivity index (χ0) is 16.9. The summed E-state index contributed by atoms with van der Waals surface area (Å²) in [4.78, 5) is 12.3. The Morgan fingerprint density at radius 2 is 1.91 bits per heavy atom. The third-order valence-electron chi connectivity index (χ3n) is 2.94. The molecule has 0 radical (unpaired) electrons. The lowest BCUT2D eigenvalue weighted by Gasteiger charge is -2.28. The molecule has 8 heteroatoms. The smallest absolute Gasteiger partial charge is 0.252 e. The number of hydrogen-bond acceptors (Lipinski definition) is 5. The lowest BCUT2D eigenvalue weighted by Crippen LogP contribution is -2.48. The highest BCUT2D eigenvalue weighted by molar-refractivity contribution is 6.35. The molecule has 1 rings (SSSR count). The first kappa shape index (κ1) is 18.6. The van der Waals surface area contributed by atoms with Crippen LogP contribution in [0, 0.1) is 0 Å². The van der Waals surface area contributed by atoms with Gasteiger partial charge in [-0.05, 0) is 32.0 Å². The predicted octanol–water partition coefficient (Wildman–Crippen LogP) is 1.47. The number of hydrogen-bond donors (Lipinski definition) is 4. The van der Waals surface area contributed by atoms with Crippen molar-refractivity contribution in [3.8, 4) is 0 Å². The fourth-order valence-corrected chi connectivity index (χ4v) is 2.16. The van der Waals surface area contributed by atoms with Crippen LogP contribution >= 0.6 is 23.2 Å². The summed E-state index contributed by atoms with van der Waals surface area (Å²) >= 11 is 11.8. The minimum Gasteiger partial charge on any atom is -0.399 e. The number of nitrogens with one attached hydrogen (secondary N) is 1. The van der Waals surface area contributed by atoms with E-state index in [1.165, 1.54) is 23.3 Å². The zero-order valence-electron chi connectivity index (χ0n) is 12.4. The summed E-state index contributed by atoms with van der Waals surface area (Å²) in [5, 5.41) is 13.6. The van der Waals surface area contributed by atoms with Crippen LogP contribution in [0.15, 0.2) is 30.1 Å². The van der Waals surface area contributed by atoms with Gasteiger partial charge in [0.25, 0.3) is 5.91 Å². The maximum atomic E-state index is 12.3. The molecule has 122 valence electrons. The maximum absolute atomic E-state index is 12.3. The number of hydrazine groups is 1. The van der Waals surface area contributed by atoms with Gasteiger partial charge in [-0.3, -0.25) is 4.79 Å². The molecular weight excluding hydrogens is 327 g/mol. The second kappa shape index (κ2) is 7.69. The molecule has 1 aromatic carbocycles. The highest BCUT2D eigenvalue weighted by Gasteiger charge is 2.25. The van der Waals surface area contributed by atoms with Gasteiger partial charge in [0.1, 0.15) is 0 Å². The maximum Gasteiger partial charge on any atom is 0.252 e. The van der Waals surface area contributed by atoms with Crippen molar-refractivity contribution in [1.82, 2.24) is 10.3 Å². The number of nitrogens with two attached hydrogens (primary N) is 2. The van der Waals surface area contributed by atoms with Crippen molar-refractivity contribution in [2.24, 2.45) is 11.6 Å². The van der Waals surface area contributed by atoms with E-state index in [0.717, 1.165) is 0 Å². The van der Waals surface area contributed by atoms with Crippen LogP contribution in [0.1, 0.15) is 24.2 Å². The number of aliphatic hydroxyl groups is 1. The van der Waals surface area contributed by atoms with E-state index < -0.39 is 5.54 Å². The number of halogens is 2. The fourth-order valence-electron chi connectivity index (χ4n) is 1.63. The van der Waals surface area contributed by atoms with Crippen LogP contribution in [0.3, 0.4) is 0 Å². The van der Waals surface area contributed by atoms with E-state index in [4.69, 9.17) is 39.9 Å². The van der Waals surface area contributed by atoms with Crippen molar-refractivity contribution in [3.05, 3.63) is 45.7 Å². The van der Waals surface area contributed by atoms with E-state index in [2.05, 4.69) is 5.32 Å². The standard InChI is InChI=1S/C14H20Cl2N4O2/c1-14(2,12(17)8-20(18)3-4-21)19-13(22)9-5-10(15)7-11(16)6-9/h5-8,21H,3-4,17-18H2,1-2H3,(H,19,22)/b12-8-. The van der Waals surface area contributed by atoms with Crippen molar-refractivity contribution in [2.75, 3.05) is 13.2 Å². The Labute approximate surface area is 139 Å². The number of rotatable bonds is 6. The van der Waals surface area contributed by atoms with Gasteiger partial charge in [-0.2, -0.15) is 0 Å². The van der Waals surface area contributed by atoms with Gasteiger partial charge >= 0.3 is 0 Å². The Kier molecular flexibility index (Phi) is 6.49. The molecule has 0 aromatic heterocycles. The van der Waals surface area contributed by atoms with Crippen LogP contribution in [0.5, 0.6) is 0 Å². The number of nitrogens with zero attached hydrogens (tertiary/aromatic N) is 1. The average molecular weight is 347 g/mol. The van der Waals surface area contributed by atoms with E-state index in [-0.39, 0.29) is 19.1 Å². The number of benzene rings is 1. The van der Waals surface area contributed by atoms with E-state index in [0.29, 0.717) is 21.3 Å². The number of carbonyl (C=O) groups excluding carboxylic acids is 1. The molecule has 0 aliphatic carbocycles. The van der Waals surface area contributed by atoms with Crippen LogP contribution in [0.4, 0.5) is 0 Å². The normalized spacial score (nSPS) is 12.2. The topological polar surface area (TPSA) is 105 Å². The molecule has 0 unspecified atom stereocenters. The van der Waals surface area contributed by atoms with Crippen molar-refractivity contribution >= 4 is 29.1 Å². The Morgan fingerprint density at radius 3 is 2.41 bits per heavy atom. The minimum atomic E-state index is -0.848. The van der Waals surface area contributed by atoms with Crippen LogP contribution in [0.2, 0.25) is 10.0 Å². The summed E-state index contributed by atoms with van der Waals surface area (Å²) in [6.07, 6.45) is 1.46. The molecule has 0 atom stereocenters. The van der Waals surface area contributed by atoms with Crippen molar-refractivity contribution < 1.29 is 9.90 Å². The molecule has 22 heavy (non-hydrogen) atoms. The second-order valence-corrected chi connectivity index (χ2v) is 6.16. The summed E-state index contributed by atoms with van der Waals surface area (Å²) in [6.45, 7) is 3.59. The van der Waals surface area contributed by atoms with E-state index >= 15 is 0 Å². The molecule has 0 aliphatic rings. The zero-order valence-corrected chi connectivity index (χ0v) is 13.9. The SMILES string of the molecule is CC(C)(NC(=O)c1cc(Cl)cc(Cl)c1)/C(N)=C/N(N)CCO. The second-order valence-electron chi connectivity index (χ2n) is 5.28. The molecule has 0 fully saturated rings. The van der Waals surface area contributed by atoms with Crippen molar-refractivity contribution in [3.63, 3.8) is 0 Å². The molecule has 1 amide bonds. The third-order valence-corrected chi connectivity index (χ3v) is 3.37. The van der Waals surface area contributed by atoms with Crippen LogP contribution < -0.4 is 16.9 Å². The van der Waals surface area contributed by atoms with Crippen LogP contribution in [-0.2, 0) is 0 Å². The van der Waals surface area contributed by atoms with Gasteiger partial charge < -0.3 is 21.2 Å². The summed E-state index contributed by atoms with van der Waals surface area (Å²) in [7, 11) is 0. The number of carbonyl (C=O) groups is 1. The molecule has 1 aromatic rings. The number of aliphatic hydroxyl groups excluding tert-OH is 1. The largest absolute Gasteiger partial charge is 0.399 e. The Morgan fingerprint density at radius 1 is 1.36 bits per heavy atom. The van der Waals surface area contributed by atoms with E-state index in [1.54, 1.807) is 19.9 Å². The molecule has 6 N–H and O–H groups in total. The summed E-state index contributed by atoms with van der Waals surface area (Å²) < 4.78 is 0. The van der Waals surface area contributed by atoms with Gasteiger partial charge in [0.2, 0.25) is 0 Å². The van der Waals surface area contributed by atoms with Gasteiger partial charge in [-0.1, -0.05) is 23.2 Å². The van der Waals surface area contributed by atoms with E-state index in [1.807, 2.05) is 0 Å². The van der Waals surface area contributed by atoms with Gasteiger partial charge in [0.15, 0.2) is 0 Å². The predicted molar refractivity (Wildman–Crippen MR) is 88.3 cm³/mol. The Balaban J connectivity index is 2.88. The molecule has 0 saturated carbocycles. The molecule has 6 nitrogen and oxygen atoms in total. The summed E-state index contributed by atoms with van der Waals surface area (Å²) in [6, 6.07) is 4.57. The van der Waals surface area contributed by atoms with Crippen molar-refractivity contribution in [1.29, 1.82) is 0 Å². The molecule has 0 spiro atoms. The third kappa shape index (κ3) is 5.38. The first-order chi connectivity index (χ1) is 10.2. The van der Waals surface area contributed by atoms with Gasteiger partial charge in [-0.25, -0.2) is 5.84 Å². The molecule has 0 bridgehead atoms. The summed E-state index contributed by atoms with van der Waals surface area (Å²) in [5.74, 6) is 5.27. The summed E-state index contributed by atoms with van der Waals surface area (Å²) in [5.41, 5.74) is 5.78. The first-order valence-corrected chi connectivity index (χ1v) is 7.30. The van der Waals surface area contributed by atoms with Gasteiger partial charge in [0, 0.05) is 21.8 Å². The van der Waals surface area contributed by atoms with Crippen molar-refractivity contribution in [2.45, 2.75) is 19.4 Å². The fraction of sp³-hybridized carbons (Fsp3) is 0.357. The molecule has 0 saturated heterocycles. The quantitative estimate of drug-likeness (QED) is 0.461. The Bertz CT molecular complexity index is 556. The molecular formula is C14H20Cl2N4O2. The van der Waals surface area contributed by atoms with Gasteiger partial charge in [-0.15, -0.1) is 0 Å². The lowest BCUT2D eigenvalue weighted by atomic mass is 10.0. The lowest BCUT2D eigenvalue weighted by molar-refractivity contribution is 0.0923. The monoisotopic (exact) mass is 346 g/mol. The van der Waals surface area contributed by atoms with E-state index in [9.17, 15) is 4.79 Å².